The highest BCUT2D eigenvalue weighted by molar-refractivity contribution is 7.99. The number of oxime groups is 1. The van der Waals surface area contributed by atoms with Gasteiger partial charge in [0.05, 0.1) is 11.4 Å². The van der Waals surface area contributed by atoms with Crippen molar-refractivity contribution in [1.82, 2.24) is 19.8 Å². The van der Waals surface area contributed by atoms with Gasteiger partial charge in [-0.25, -0.2) is 4.79 Å². The predicted molar refractivity (Wildman–Crippen MR) is 86.7 cm³/mol. The number of tetrazole rings is 1. The van der Waals surface area contributed by atoms with E-state index >= 15 is 0 Å². The van der Waals surface area contributed by atoms with Crippen molar-refractivity contribution in [2.75, 3.05) is 0 Å². The molecule has 0 amide bonds. The lowest BCUT2D eigenvalue weighted by atomic mass is 10.2. The molecule has 1 aromatic carbocycles. The van der Waals surface area contributed by atoms with E-state index in [1.54, 1.807) is 19.1 Å². The van der Waals surface area contributed by atoms with Gasteiger partial charge in [0.15, 0.2) is 0 Å². The van der Waals surface area contributed by atoms with Crippen molar-refractivity contribution in [3.63, 3.8) is 0 Å². The van der Waals surface area contributed by atoms with Gasteiger partial charge < -0.3 is 4.84 Å². The zero-order chi connectivity index (χ0) is 17.7. The van der Waals surface area contributed by atoms with Crippen LogP contribution in [0.2, 0.25) is 0 Å². The van der Waals surface area contributed by atoms with E-state index in [-0.39, 0.29) is 6.61 Å². The molecule has 7 nitrogen and oxygen atoms in total. The second-order valence-corrected chi connectivity index (χ2v) is 5.91. The minimum Gasteiger partial charge on any atom is -0.391 e. The van der Waals surface area contributed by atoms with Crippen LogP contribution in [-0.4, -0.2) is 31.3 Å². The number of nitrogens with zero attached hydrogens (tertiary/aromatic N) is 5. The van der Waals surface area contributed by atoms with Crippen molar-refractivity contribution in [3.8, 4) is 5.69 Å². The maximum atomic E-state index is 12.8. The molecular formula is C14H17F2N5O2S. The first-order valence-corrected chi connectivity index (χ1v) is 8.03. The fourth-order valence-corrected chi connectivity index (χ4v) is 2.50. The molecule has 0 N–H and O–H groups in total. The van der Waals surface area contributed by atoms with Crippen molar-refractivity contribution in [3.05, 3.63) is 34.2 Å². The van der Waals surface area contributed by atoms with Gasteiger partial charge in [0.1, 0.15) is 6.61 Å². The highest BCUT2D eigenvalue weighted by Gasteiger charge is 2.18. The Balaban J connectivity index is 2.45. The number of hydrogen-bond donors (Lipinski definition) is 0. The number of halogens is 2. The van der Waals surface area contributed by atoms with Gasteiger partial charge in [0.25, 0.3) is 5.76 Å². The van der Waals surface area contributed by atoms with Crippen molar-refractivity contribution in [2.45, 2.75) is 37.5 Å². The van der Waals surface area contributed by atoms with Crippen LogP contribution in [0, 0.1) is 0 Å². The summed E-state index contributed by atoms with van der Waals surface area (Å²) >= 11 is 0.379. The van der Waals surface area contributed by atoms with Crippen molar-refractivity contribution < 1.29 is 13.6 Å². The maximum Gasteiger partial charge on any atom is 0.368 e. The van der Waals surface area contributed by atoms with Gasteiger partial charge in [0.2, 0.25) is 0 Å². The highest BCUT2D eigenvalue weighted by Crippen LogP contribution is 2.32. The van der Waals surface area contributed by atoms with E-state index in [4.69, 9.17) is 4.84 Å². The quantitative estimate of drug-likeness (QED) is 0.433. The van der Waals surface area contributed by atoms with Crippen LogP contribution < -0.4 is 5.69 Å². The van der Waals surface area contributed by atoms with Crippen LogP contribution >= 0.6 is 11.8 Å². The second kappa shape index (κ2) is 8.04. The monoisotopic (exact) mass is 357 g/mol. The number of alkyl halides is 2. The predicted octanol–water partition coefficient (Wildman–Crippen LogP) is 2.58. The Bertz CT molecular complexity index is 788. The first kappa shape index (κ1) is 18.1. The van der Waals surface area contributed by atoms with Gasteiger partial charge in [-0.05, 0) is 35.9 Å². The van der Waals surface area contributed by atoms with E-state index in [0.717, 1.165) is 15.1 Å². The van der Waals surface area contributed by atoms with E-state index in [0.29, 0.717) is 34.3 Å². The Morgan fingerprint density at radius 3 is 2.75 bits per heavy atom. The van der Waals surface area contributed by atoms with Crippen molar-refractivity contribution in [1.29, 1.82) is 0 Å². The molecular weight excluding hydrogens is 340 g/mol. The summed E-state index contributed by atoms with van der Waals surface area (Å²) in [6, 6.07) is 4.71. The van der Waals surface area contributed by atoms with E-state index in [9.17, 15) is 13.6 Å². The highest BCUT2D eigenvalue weighted by atomic mass is 32.2. The number of aryl methyl sites for hydroxylation is 1. The average Bonchev–Trinajstić information content (AvgIpc) is 2.87. The van der Waals surface area contributed by atoms with Crippen LogP contribution in [0.1, 0.15) is 25.8 Å². The van der Waals surface area contributed by atoms with Gasteiger partial charge in [-0.3, -0.25) is 0 Å². The number of benzene rings is 1. The molecule has 10 heteroatoms. The maximum absolute atomic E-state index is 12.8. The number of thioether (sulfide) groups is 1. The third kappa shape index (κ3) is 4.19. The molecule has 130 valence electrons. The Morgan fingerprint density at radius 1 is 1.42 bits per heavy atom. The molecule has 0 fully saturated rings. The van der Waals surface area contributed by atoms with Gasteiger partial charge in [-0.1, -0.05) is 29.9 Å². The summed E-state index contributed by atoms with van der Waals surface area (Å²) in [6.45, 7) is 3.66. The Hall–Kier alpha value is -2.23. The lowest BCUT2D eigenvalue weighted by Gasteiger charge is -2.12. The molecule has 1 aromatic heterocycles. The van der Waals surface area contributed by atoms with Crippen LogP contribution in [0.25, 0.3) is 5.69 Å². The largest absolute Gasteiger partial charge is 0.391 e. The number of rotatable bonds is 7. The van der Waals surface area contributed by atoms with Crippen LogP contribution in [0.5, 0.6) is 0 Å². The second-order valence-electron chi connectivity index (χ2n) is 4.88. The van der Waals surface area contributed by atoms with Crippen molar-refractivity contribution in [2.24, 2.45) is 12.2 Å². The van der Waals surface area contributed by atoms with Crippen LogP contribution in [0.3, 0.4) is 0 Å². The Morgan fingerprint density at radius 2 is 2.17 bits per heavy atom. The summed E-state index contributed by atoms with van der Waals surface area (Å²) in [5.41, 5.74) is 1.03. The molecule has 2 rings (SSSR count). The lowest BCUT2D eigenvalue weighted by molar-refractivity contribution is 0.128. The van der Waals surface area contributed by atoms with Gasteiger partial charge in [0, 0.05) is 17.5 Å². The standard InChI is InChI=1S/C14H17F2N5O2S/c1-4-9(2)17-23-8-10-11(21-14(22)20(3)18-19-21)6-5-7-12(10)24-13(15)16/h5-7,13H,4,8H2,1-3H3. The molecule has 0 unspecified atom stereocenters. The topological polar surface area (TPSA) is 74.3 Å². The summed E-state index contributed by atoms with van der Waals surface area (Å²) in [5, 5.41) is 11.3. The molecule has 0 aliphatic rings. The number of hydrogen-bond acceptors (Lipinski definition) is 6. The molecule has 0 aliphatic carbocycles. The van der Waals surface area contributed by atoms with Gasteiger partial charge >= 0.3 is 5.69 Å². The first-order valence-electron chi connectivity index (χ1n) is 7.15. The molecule has 0 aliphatic heterocycles. The molecule has 0 radical (unpaired) electrons. The van der Waals surface area contributed by atoms with Crippen molar-refractivity contribution >= 4 is 17.5 Å². The third-order valence-electron chi connectivity index (χ3n) is 3.22. The van der Waals surface area contributed by atoms with Gasteiger partial charge in [-0.2, -0.15) is 18.1 Å². The molecule has 0 bridgehead atoms. The zero-order valence-electron chi connectivity index (χ0n) is 13.4. The molecule has 1 heterocycles. The molecule has 24 heavy (non-hydrogen) atoms. The summed E-state index contributed by atoms with van der Waals surface area (Å²) in [5.74, 6) is -2.60. The molecule has 0 saturated heterocycles. The van der Waals surface area contributed by atoms with Crippen LogP contribution in [0.15, 0.2) is 33.0 Å². The molecule has 0 saturated carbocycles. The SMILES string of the molecule is CCC(C)=NOCc1c(SC(F)F)cccc1-n1nnn(C)c1=O. The molecule has 0 atom stereocenters. The minimum atomic E-state index is -2.60. The average molecular weight is 357 g/mol. The molecule has 2 aromatic rings. The fraction of sp³-hybridized carbons (Fsp3) is 0.429. The lowest BCUT2D eigenvalue weighted by Crippen LogP contribution is -2.23. The van der Waals surface area contributed by atoms with E-state index in [1.165, 1.54) is 13.1 Å². The fourth-order valence-electron chi connectivity index (χ4n) is 1.84. The van der Waals surface area contributed by atoms with Crippen LogP contribution in [0.4, 0.5) is 8.78 Å². The van der Waals surface area contributed by atoms with E-state index in [2.05, 4.69) is 15.6 Å². The minimum absolute atomic E-state index is 0.0639. The van der Waals surface area contributed by atoms with E-state index in [1.807, 2.05) is 6.92 Å². The van der Waals surface area contributed by atoms with Gasteiger partial charge in [-0.15, -0.1) is 0 Å². The normalized spacial score (nSPS) is 12.0. The third-order valence-corrected chi connectivity index (χ3v) is 4.03. The summed E-state index contributed by atoms with van der Waals surface area (Å²) in [7, 11) is 1.45. The first-order chi connectivity index (χ1) is 11.4. The van der Waals surface area contributed by atoms with E-state index < -0.39 is 11.4 Å². The smallest absolute Gasteiger partial charge is 0.368 e. The summed E-state index contributed by atoms with van der Waals surface area (Å²) in [6.07, 6.45) is 0.712. The van der Waals surface area contributed by atoms with Crippen LogP contribution in [-0.2, 0) is 18.5 Å². The summed E-state index contributed by atoms with van der Waals surface area (Å²) in [4.78, 5) is 17.6. The zero-order valence-corrected chi connectivity index (χ0v) is 14.3. The number of aromatic nitrogens is 4. The molecule has 0 spiro atoms. The Kier molecular flexibility index (Phi) is 6.07. The Labute approximate surface area is 141 Å². The summed E-state index contributed by atoms with van der Waals surface area (Å²) < 4.78 is 27.7.